The zero-order valence-electron chi connectivity index (χ0n) is 12.7. The first kappa shape index (κ1) is 14.8. The SMILES string of the molecule is CC(C)(C)C1CCCN(C(=O)C2CNCCN2)CC1. The van der Waals surface area contributed by atoms with E-state index in [1.807, 2.05) is 0 Å². The van der Waals surface area contributed by atoms with E-state index in [0.717, 1.165) is 51.5 Å². The Morgan fingerprint density at radius 2 is 1.95 bits per heavy atom. The fraction of sp³-hybridized carbons (Fsp3) is 0.933. The molecule has 0 aromatic rings. The second-order valence-corrected chi connectivity index (χ2v) is 7.03. The van der Waals surface area contributed by atoms with Crippen molar-refractivity contribution in [2.45, 2.75) is 46.1 Å². The molecule has 19 heavy (non-hydrogen) atoms. The summed E-state index contributed by atoms with van der Waals surface area (Å²) in [5.74, 6) is 1.03. The molecule has 0 aliphatic carbocycles. The Morgan fingerprint density at radius 3 is 2.58 bits per heavy atom. The molecule has 0 aromatic carbocycles. The van der Waals surface area contributed by atoms with E-state index in [1.165, 1.54) is 6.42 Å². The van der Waals surface area contributed by atoms with Gasteiger partial charge in [0.15, 0.2) is 0 Å². The highest BCUT2D eigenvalue weighted by atomic mass is 16.2. The summed E-state index contributed by atoms with van der Waals surface area (Å²) in [7, 11) is 0. The molecule has 2 unspecified atom stereocenters. The van der Waals surface area contributed by atoms with Crippen molar-refractivity contribution in [3.05, 3.63) is 0 Å². The first-order valence-electron chi connectivity index (χ1n) is 7.71. The lowest BCUT2D eigenvalue weighted by atomic mass is 9.77. The molecule has 0 spiro atoms. The maximum Gasteiger partial charge on any atom is 0.241 e. The van der Waals surface area contributed by atoms with E-state index in [0.29, 0.717) is 11.3 Å². The summed E-state index contributed by atoms with van der Waals surface area (Å²) >= 11 is 0. The first-order valence-corrected chi connectivity index (χ1v) is 7.71. The molecule has 0 radical (unpaired) electrons. The lowest BCUT2D eigenvalue weighted by molar-refractivity contribution is -0.133. The van der Waals surface area contributed by atoms with Crippen molar-refractivity contribution in [2.75, 3.05) is 32.7 Å². The molecular formula is C15H29N3O. The van der Waals surface area contributed by atoms with Crippen LogP contribution in [0, 0.1) is 11.3 Å². The summed E-state index contributed by atoms with van der Waals surface area (Å²) in [6, 6.07) is -0.0139. The third-order valence-corrected chi connectivity index (χ3v) is 4.60. The summed E-state index contributed by atoms with van der Waals surface area (Å²) in [4.78, 5) is 14.6. The van der Waals surface area contributed by atoms with E-state index in [1.54, 1.807) is 0 Å². The smallest absolute Gasteiger partial charge is 0.241 e. The average molecular weight is 267 g/mol. The van der Waals surface area contributed by atoms with Gasteiger partial charge in [0.25, 0.3) is 0 Å². The van der Waals surface area contributed by atoms with Crippen LogP contribution in [-0.2, 0) is 4.79 Å². The molecule has 110 valence electrons. The number of rotatable bonds is 1. The van der Waals surface area contributed by atoms with Crippen LogP contribution in [-0.4, -0.2) is 49.6 Å². The lowest BCUT2D eigenvalue weighted by Crippen LogP contribution is -2.56. The van der Waals surface area contributed by atoms with Gasteiger partial charge in [-0.3, -0.25) is 4.79 Å². The van der Waals surface area contributed by atoms with Gasteiger partial charge in [0, 0.05) is 32.7 Å². The summed E-state index contributed by atoms with van der Waals surface area (Å²) in [5.41, 5.74) is 0.365. The highest BCUT2D eigenvalue weighted by molar-refractivity contribution is 5.82. The molecule has 1 amide bonds. The predicted octanol–water partition coefficient (Wildman–Crippen LogP) is 1.22. The number of nitrogens with zero attached hydrogens (tertiary/aromatic N) is 1. The number of carbonyl (C=O) groups is 1. The normalized spacial score (nSPS) is 29.9. The van der Waals surface area contributed by atoms with Crippen LogP contribution in [0.3, 0.4) is 0 Å². The molecule has 2 atom stereocenters. The van der Waals surface area contributed by atoms with E-state index in [2.05, 4.69) is 36.3 Å². The Hall–Kier alpha value is -0.610. The summed E-state index contributed by atoms with van der Waals surface area (Å²) in [6.45, 7) is 11.5. The molecule has 0 saturated carbocycles. The second-order valence-electron chi connectivity index (χ2n) is 7.03. The molecule has 0 bridgehead atoms. The van der Waals surface area contributed by atoms with E-state index < -0.39 is 0 Å². The maximum atomic E-state index is 12.5. The highest BCUT2D eigenvalue weighted by Gasteiger charge is 2.31. The molecule has 4 heteroatoms. The number of amides is 1. The number of nitrogens with one attached hydrogen (secondary N) is 2. The van der Waals surface area contributed by atoms with Crippen LogP contribution in [0.5, 0.6) is 0 Å². The standard InChI is InChI=1S/C15H29N3O/c1-15(2,3)12-5-4-9-18(10-6-12)14(19)13-11-16-7-8-17-13/h12-13,16-17H,4-11H2,1-3H3. The first-order chi connectivity index (χ1) is 8.98. The van der Waals surface area contributed by atoms with Crippen molar-refractivity contribution in [1.82, 2.24) is 15.5 Å². The van der Waals surface area contributed by atoms with Crippen LogP contribution in [0.15, 0.2) is 0 Å². The quantitative estimate of drug-likeness (QED) is 0.751. The monoisotopic (exact) mass is 267 g/mol. The minimum Gasteiger partial charge on any atom is -0.341 e. The van der Waals surface area contributed by atoms with Crippen molar-refractivity contribution in [3.63, 3.8) is 0 Å². The van der Waals surface area contributed by atoms with Crippen LogP contribution in [0.1, 0.15) is 40.0 Å². The van der Waals surface area contributed by atoms with Gasteiger partial charge in [-0.05, 0) is 30.6 Å². The average Bonchev–Trinajstić information content (AvgIpc) is 2.64. The molecule has 2 aliphatic heterocycles. The van der Waals surface area contributed by atoms with E-state index >= 15 is 0 Å². The Balaban J connectivity index is 1.89. The largest absolute Gasteiger partial charge is 0.341 e. The third kappa shape index (κ3) is 3.93. The van der Waals surface area contributed by atoms with Crippen LogP contribution in [0.25, 0.3) is 0 Å². The van der Waals surface area contributed by atoms with Crippen LogP contribution in [0.2, 0.25) is 0 Å². The van der Waals surface area contributed by atoms with Gasteiger partial charge >= 0.3 is 0 Å². The molecule has 2 rings (SSSR count). The van der Waals surface area contributed by atoms with Gasteiger partial charge in [-0.1, -0.05) is 20.8 Å². The van der Waals surface area contributed by atoms with Gasteiger partial charge in [-0.2, -0.15) is 0 Å². The summed E-state index contributed by atoms with van der Waals surface area (Å²) in [5, 5.41) is 6.62. The zero-order chi connectivity index (χ0) is 13.9. The van der Waals surface area contributed by atoms with Crippen molar-refractivity contribution in [1.29, 1.82) is 0 Å². The van der Waals surface area contributed by atoms with Crippen molar-refractivity contribution in [3.8, 4) is 0 Å². The Bertz CT molecular complexity index is 305. The molecule has 2 heterocycles. The van der Waals surface area contributed by atoms with Gasteiger partial charge in [0.05, 0.1) is 6.04 Å². The Kier molecular flexibility index (Phi) is 4.85. The number of likely N-dealkylation sites (tertiary alicyclic amines) is 1. The molecule has 2 N–H and O–H groups in total. The molecular weight excluding hydrogens is 238 g/mol. The van der Waals surface area contributed by atoms with Gasteiger partial charge in [0.2, 0.25) is 5.91 Å². The number of hydrogen-bond donors (Lipinski definition) is 2. The molecule has 0 aromatic heterocycles. The predicted molar refractivity (Wildman–Crippen MR) is 78.0 cm³/mol. The minimum absolute atomic E-state index is 0.0139. The van der Waals surface area contributed by atoms with E-state index in [4.69, 9.17) is 0 Å². The number of hydrogen-bond acceptors (Lipinski definition) is 3. The lowest BCUT2D eigenvalue weighted by Gasteiger charge is -2.31. The van der Waals surface area contributed by atoms with Gasteiger partial charge in [-0.25, -0.2) is 0 Å². The van der Waals surface area contributed by atoms with E-state index in [-0.39, 0.29) is 6.04 Å². The molecule has 2 fully saturated rings. The molecule has 4 nitrogen and oxygen atoms in total. The van der Waals surface area contributed by atoms with Gasteiger partial charge < -0.3 is 15.5 Å². The maximum absolute atomic E-state index is 12.5. The van der Waals surface area contributed by atoms with E-state index in [9.17, 15) is 4.79 Å². The van der Waals surface area contributed by atoms with Crippen LogP contribution >= 0.6 is 0 Å². The molecule has 2 saturated heterocycles. The minimum atomic E-state index is -0.0139. The van der Waals surface area contributed by atoms with Crippen LogP contribution in [0.4, 0.5) is 0 Å². The zero-order valence-corrected chi connectivity index (χ0v) is 12.7. The molecule has 2 aliphatic rings. The van der Waals surface area contributed by atoms with Crippen LogP contribution < -0.4 is 10.6 Å². The van der Waals surface area contributed by atoms with Crippen molar-refractivity contribution in [2.24, 2.45) is 11.3 Å². The third-order valence-electron chi connectivity index (χ3n) is 4.60. The van der Waals surface area contributed by atoms with Gasteiger partial charge in [0.1, 0.15) is 0 Å². The Labute approximate surface area is 117 Å². The summed E-state index contributed by atoms with van der Waals surface area (Å²) in [6.07, 6.45) is 3.55. The topological polar surface area (TPSA) is 44.4 Å². The van der Waals surface area contributed by atoms with Crippen molar-refractivity contribution >= 4 is 5.91 Å². The second kappa shape index (κ2) is 6.23. The highest BCUT2D eigenvalue weighted by Crippen LogP contribution is 2.34. The summed E-state index contributed by atoms with van der Waals surface area (Å²) < 4.78 is 0. The number of carbonyl (C=O) groups excluding carboxylic acids is 1. The number of piperazine rings is 1. The van der Waals surface area contributed by atoms with Crippen molar-refractivity contribution < 1.29 is 4.79 Å². The van der Waals surface area contributed by atoms with Gasteiger partial charge in [-0.15, -0.1) is 0 Å². The fourth-order valence-corrected chi connectivity index (χ4v) is 3.23. The fourth-order valence-electron chi connectivity index (χ4n) is 3.23. The Morgan fingerprint density at radius 1 is 1.16 bits per heavy atom.